The van der Waals surface area contributed by atoms with Crippen molar-refractivity contribution >= 4 is 40.6 Å². The van der Waals surface area contributed by atoms with Crippen LogP contribution >= 0.6 is 23.8 Å². The predicted octanol–water partition coefficient (Wildman–Crippen LogP) is 3.52. The standard InChI is InChI=1S/C13H17ClN2O2S/c1-13(2,3)18-12(17)16-10-5-4-8(6-9(10)14)7-11(15)19/h4-6H,7H2,1-3H3,(H2,15,19)(H,16,17). The van der Waals surface area contributed by atoms with Crippen LogP contribution in [-0.4, -0.2) is 16.7 Å². The van der Waals surface area contributed by atoms with Gasteiger partial charge in [0.1, 0.15) is 5.60 Å². The third-order valence-corrected chi connectivity index (χ3v) is 2.50. The van der Waals surface area contributed by atoms with E-state index < -0.39 is 11.7 Å². The van der Waals surface area contributed by atoms with Gasteiger partial charge in [-0.15, -0.1) is 0 Å². The van der Waals surface area contributed by atoms with Gasteiger partial charge >= 0.3 is 6.09 Å². The molecule has 104 valence electrons. The first-order valence-electron chi connectivity index (χ1n) is 5.74. The number of anilines is 1. The molecule has 0 fully saturated rings. The van der Waals surface area contributed by atoms with Crippen LogP contribution in [0.15, 0.2) is 18.2 Å². The first-order chi connectivity index (χ1) is 8.67. The van der Waals surface area contributed by atoms with Crippen LogP contribution in [0.3, 0.4) is 0 Å². The predicted molar refractivity (Wildman–Crippen MR) is 81.8 cm³/mol. The van der Waals surface area contributed by atoms with E-state index in [2.05, 4.69) is 5.32 Å². The summed E-state index contributed by atoms with van der Waals surface area (Å²) >= 11 is 10.9. The summed E-state index contributed by atoms with van der Waals surface area (Å²) in [7, 11) is 0. The van der Waals surface area contributed by atoms with E-state index in [0.29, 0.717) is 22.1 Å². The normalized spacial score (nSPS) is 10.9. The third kappa shape index (κ3) is 5.89. The molecule has 0 aliphatic carbocycles. The summed E-state index contributed by atoms with van der Waals surface area (Å²) in [5.41, 5.74) is 6.29. The molecular weight excluding hydrogens is 284 g/mol. The second-order valence-corrected chi connectivity index (χ2v) is 6.02. The van der Waals surface area contributed by atoms with Crippen LogP contribution in [0.25, 0.3) is 0 Å². The fourth-order valence-electron chi connectivity index (χ4n) is 1.38. The molecule has 3 N–H and O–H groups in total. The van der Waals surface area contributed by atoms with Gasteiger partial charge in [-0.2, -0.15) is 0 Å². The van der Waals surface area contributed by atoms with Gasteiger partial charge in [0.25, 0.3) is 0 Å². The second kappa shape index (κ2) is 6.21. The number of hydrogen-bond acceptors (Lipinski definition) is 3. The summed E-state index contributed by atoms with van der Waals surface area (Å²) in [5, 5.41) is 3.01. The van der Waals surface area contributed by atoms with Crippen molar-refractivity contribution in [2.45, 2.75) is 32.8 Å². The highest BCUT2D eigenvalue weighted by molar-refractivity contribution is 7.80. The van der Waals surface area contributed by atoms with Crippen molar-refractivity contribution in [2.75, 3.05) is 5.32 Å². The van der Waals surface area contributed by atoms with Gasteiger partial charge < -0.3 is 10.5 Å². The summed E-state index contributed by atoms with van der Waals surface area (Å²) in [6, 6.07) is 5.21. The maximum Gasteiger partial charge on any atom is 0.412 e. The van der Waals surface area contributed by atoms with Crippen molar-refractivity contribution in [1.29, 1.82) is 0 Å². The highest BCUT2D eigenvalue weighted by Gasteiger charge is 2.17. The number of carbonyl (C=O) groups excluding carboxylic acids is 1. The van der Waals surface area contributed by atoms with Gasteiger partial charge in [0, 0.05) is 6.42 Å². The van der Waals surface area contributed by atoms with Crippen LogP contribution in [0, 0.1) is 0 Å². The number of rotatable bonds is 3. The van der Waals surface area contributed by atoms with Crippen LogP contribution in [0.1, 0.15) is 26.3 Å². The molecule has 1 aromatic rings. The Labute approximate surface area is 123 Å². The Hall–Kier alpha value is -1.33. The molecule has 0 radical (unpaired) electrons. The molecule has 0 atom stereocenters. The molecule has 1 aromatic carbocycles. The largest absolute Gasteiger partial charge is 0.444 e. The van der Waals surface area contributed by atoms with Gasteiger partial charge in [-0.3, -0.25) is 5.32 Å². The molecule has 0 bridgehead atoms. The zero-order chi connectivity index (χ0) is 14.6. The van der Waals surface area contributed by atoms with E-state index in [1.54, 1.807) is 39.0 Å². The topological polar surface area (TPSA) is 64.3 Å². The highest BCUT2D eigenvalue weighted by atomic mass is 35.5. The van der Waals surface area contributed by atoms with Crippen molar-refractivity contribution in [3.05, 3.63) is 28.8 Å². The number of hydrogen-bond donors (Lipinski definition) is 2. The number of halogens is 1. The summed E-state index contributed by atoms with van der Waals surface area (Å²) in [6.07, 6.45) is -0.0709. The Balaban J connectivity index is 2.75. The smallest absolute Gasteiger partial charge is 0.412 e. The van der Waals surface area contributed by atoms with Crippen LogP contribution in [-0.2, 0) is 11.2 Å². The number of carbonyl (C=O) groups is 1. The Morgan fingerprint density at radius 1 is 1.47 bits per heavy atom. The van der Waals surface area contributed by atoms with Gasteiger partial charge in [-0.1, -0.05) is 29.9 Å². The van der Waals surface area contributed by atoms with E-state index in [9.17, 15) is 4.79 Å². The molecular formula is C13H17ClN2O2S. The van der Waals surface area contributed by atoms with Gasteiger partial charge in [0.05, 0.1) is 15.7 Å². The zero-order valence-electron chi connectivity index (χ0n) is 11.1. The number of amides is 1. The van der Waals surface area contributed by atoms with Crippen LogP contribution < -0.4 is 11.1 Å². The average Bonchev–Trinajstić information content (AvgIpc) is 2.18. The van der Waals surface area contributed by atoms with Crippen LogP contribution in [0.5, 0.6) is 0 Å². The lowest BCUT2D eigenvalue weighted by atomic mass is 10.1. The minimum Gasteiger partial charge on any atom is -0.444 e. The lowest BCUT2D eigenvalue weighted by Crippen LogP contribution is -2.27. The zero-order valence-corrected chi connectivity index (χ0v) is 12.7. The number of nitrogens with one attached hydrogen (secondary N) is 1. The molecule has 0 spiro atoms. The molecule has 0 saturated carbocycles. The molecule has 0 unspecified atom stereocenters. The van der Waals surface area contributed by atoms with E-state index in [0.717, 1.165) is 5.56 Å². The van der Waals surface area contributed by atoms with Crippen molar-refractivity contribution in [2.24, 2.45) is 5.73 Å². The SMILES string of the molecule is CC(C)(C)OC(=O)Nc1ccc(CC(N)=S)cc1Cl. The van der Waals surface area contributed by atoms with Gasteiger partial charge in [-0.05, 0) is 38.5 Å². The second-order valence-electron chi connectivity index (χ2n) is 5.08. The van der Waals surface area contributed by atoms with E-state index in [1.165, 1.54) is 0 Å². The molecule has 0 heterocycles. The Morgan fingerprint density at radius 2 is 2.11 bits per heavy atom. The number of ether oxygens (including phenoxy) is 1. The molecule has 1 rings (SSSR count). The van der Waals surface area contributed by atoms with Crippen LogP contribution in [0.2, 0.25) is 5.02 Å². The van der Waals surface area contributed by atoms with E-state index >= 15 is 0 Å². The summed E-state index contributed by atoms with van der Waals surface area (Å²) in [6.45, 7) is 5.37. The van der Waals surface area contributed by atoms with Crippen LogP contribution in [0.4, 0.5) is 10.5 Å². The molecule has 0 aliphatic heterocycles. The lowest BCUT2D eigenvalue weighted by molar-refractivity contribution is 0.0636. The summed E-state index contributed by atoms with van der Waals surface area (Å²) in [4.78, 5) is 12.0. The fourth-order valence-corrected chi connectivity index (χ4v) is 1.80. The van der Waals surface area contributed by atoms with Crippen molar-refractivity contribution < 1.29 is 9.53 Å². The fraction of sp³-hybridized carbons (Fsp3) is 0.385. The van der Waals surface area contributed by atoms with Crippen molar-refractivity contribution in [1.82, 2.24) is 0 Å². The molecule has 1 amide bonds. The monoisotopic (exact) mass is 300 g/mol. The minimum absolute atomic E-state index is 0.393. The third-order valence-electron chi connectivity index (χ3n) is 2.05. The minimum atomic E-state index is -0.553. The summed E-state index contributed by atoms with van der Waals surface area (Å²) in [5.74, 6) is 0. The maximum absolute atomic E-state index is 11.6. The van der Waals surface area contributed by atoms with Crippen molar-refractivity contribution in [3.63, 3.8) is 0 Å². The molecule has 0 saturated heterocycles. The first-order valence-corrected chi connectivity index (χ1v) is 6.53. The number of thiocarbonyl (C=S) groups is 1. The van der Waals surface area contributed by atoms with E-state index in [4.69, 9.17) is 34.3 Å². The van der Waals surface area contributed by atoms with E-state index in [-0.39, 0.29) is 0 Å². The molecule has 6 heteroatoms. The molecule has 0 aromatic heterocycles. The number of nitrogens with two attached hydrogens (primary N) is 1. The highest BCUT2D eigenvalue weighted by Crippen LogP contribution is 2.24. The van der Waals surface area contributed by atoms with Gasteiger partial charge in [0.15, 0.2) is 0 Å². The molecule has 4 nitrogen and oxygen atoms in total. The van der Waals surface area contributed by atoms with E-state index in [1.807, 2.05) is 0 Å². The maximum atomic E-state index is 11.6. The quantitative estimate of drug-likeness (QED) is 0.838. The Kier molecular flexibility index (Phi) is 5.14. The summed E-state index contributed by atoms with van der Waals surface area (Å²) < 4.78 is 5.14. The van der Waals surface area contributed by atoms with Gasteiger partial charge in [0.2, 0.25) is 0 Å². The Bertz CT molecular complexity index is 498. The number of benzene rings is 1. The Morgan fingerprint density at radius 3 is 2.58 bits per heavy atom. The molecule has 0 aliphatic rings. The van der Waals surface area contributed by atoms with Gasteiger partial charge in [-0.25, -0.2) is 4.79 Å². The average molecular weight is 301 g/mol. The van der Waals surface area contributed by atoms with Crippen molar-refractivity contribution in [3.8, 4) is 0 Å². The lowest BCUT2D eigenvalue weighted by Gasteiger charge is -2.20. The first kappa shape index (κ1) is 15.7. The molecule has 19 heavy (non-hydrogen) atoms.